The van der Waals surface area contributed by atoms with Crippen molar-refractivity contribution in [2.75, 3.05) is 26.3 Å². The van der Waals surface area contributed by atoms with E-state index in [1.807, 2.05) is 29.3 Å². The van der Waals surface area contributed by atoms with Crippen LogP contribution >= 0.6 is 11.3 Å². The Labute approximate surface area is 133 Å². The van der Waals surface area contributed by atoms with Gasteiger partial charge in [0.2, 0.25) is 5.89 Å². The van der Waals surface area contributed by atoms with Gasteiger partial charge in [0.1, 0.15) is 5.76 Å². The summed E-state index contributed by atoms with van der Waals surface area (Å²) < 4.78 is 11.1. The monoisotopic (exact) mass is 320 g/mol. The maximum Gasteiger partial charge on any atom is 0.276 e. The minimum Gasteiger partial charge on any atom is -0.440 e. The molecule has 1 amide bonds. The van der Waals surface area contributed by atoms with Gasteiger partial charge in [0.15, 0.2) is 5.69 Å². The van der Waals surface area contributed by atoms with Crippen molar-refractivity contribution in [3.05, 3.63) is 29.0 Å². The van der Waals surface area contributed by atoms with E-state index in [0.29, 0.717) is 29.8 Å². The maximum absolute atomic E-state index is 12.7. The molecule has 1 saturated heterocycles. The summed E-state index contributed by atoms with van der Waals surface area (Å²) in [5, 5.41) is 1.97. The smallest absolute Gasteiger partial charge is 0.276 e. The number of amides is 1. The first kappa shape index (κ1) is 15.2. The van der Waals surface area contributed by atoms with Gasteiger partial charge in [-0.1, -0.05) is 6.07 Å². The van der Waals surface area contributed by atoms with Crippen molar-refractivity contribution in [1.82, 2.24) is 9.88 Å². The molecule has 6 heteroatoms. The number of hydrogen-bond acceptors (Lipinski definition) is 5. The van der Waals surface area contributed by atoms with Gasteiger partial charge in [0.05, 0.1) is 11.5 Å². The van der Waals surface area contributed by atoms with E-state index in [9.17, 15) is 4.79 Å². The lowest BCUT2D eigenvalue weighted by molar-refractivity contribution is 0.0724. The Hall–Kier alpha value is -1.66. The molecule has 0 spiro atoms. The van der Waals surface area contributed by atoms with Crippen LogP contribution in [0.15, 0.2) is 21.9 Å². The number of carbonyl (C=O) groups excluding carboxylic acids is 1. The van der Waals surface area contributed by atoms with Crippen LogP contribution < -0.4 is 0 Å². The summed E-state index contributed by atoms with van der Waals surface area (Å²) in [4.78, 5) is 19.9. The molecule has 3 rings (SSSR count). The highest BCUT2D eigenvalue weighted by atomic mass is 32.1. The van der Waals surface area contributed by atoms with Crippen LogP contribution in [0.5, 0.6) is 0 Å². The van der Waals surface area contributed by atoms with Crippen LogP contribution in [-0.2, 0) is 4.74 Å². The molecule has 118 valence electrons. The third-order valence-corrected chi connectivity index (χ3v) is 4.76. The molecule has 1 atom stereocenters. The molecule has 2 aromatic rings. The van der Waals surface area contributed by atoms with Crippen molar-refractivity contribution >= 4 is 17.2 Å². The lowest BCUT2D eigenvalue weighted by Gasteiger charge is -2.22. The third-order valence-electron chi connectivity index (χ3n) is 3.90. The normalized spacial score (nSPS) is 17.8. The molecule has 0 radical (unpaired) electrons. The fourth-order valence-corrected chi connectivity index (χ4v) is 3.29. The molecule has 0 N–H and O–H groups in total. The van der Waals surface area contributed by atoms with Crippen molar-refractivity contribution in [1.29, 1.82) is 0 Å². The van der Waals surface area contributed by atoms with E-state index in [-0.39, 0.29) is 5.91 Å². The summed E-state index contributed by atoms with van der Waals surface area (Å²) in [6.07, 6.45) is 1.02. The van der Waals surface area contributed by atoms with E-state index >= 15 is 0 Å². The van der Waals surface area contributed by atoms with Crippen LogP contribution in [0.3, 0.4) is 0 Å². The highest BCUT2D eigenvalue weighted by Crippen LogP contribution is 2.26. The second-order valence-electron chi connectivity index (χ2n) is 5.47. The number of carbonyl (C=O) groups is 1. The first-order valence-electron chi connectivity index (χ1n) is 7.57. The minimum atomic E-state index is -0.0570. The predicted molar refractivity (Wildman–Crippen MR) is 85.1 cm³/mol. The standard InChI is InChI=1S/C16H20N2O3S/c1-3-18(9-12-6-7-20-10-12)16(19)14-11(2)21-15(17-14)13-5-4-8-22-13/h4-5,8,12H,3,6-7,9-10H2,1-2H3. The molecule has 5 nitrogen and oxygen atoms in total. The topological polar surface area (TPSA) is 55.6 Å². The van der Waals surface area contributed by atoms with Gasteiger partial charge in [-0.15, -0.1) is 11.3 Å². The molecule has 1 fully saturated rings. The quantitative estimate of drug-likeness (QED) is 0.849. The Morgan fingerprint density at radius 2 is 2.41 bits per heavy atom. The fraction of sp³-hybridized carbons (Fsp3) is 0.500. The molecule has 1 aliphatic rings. The number of rotatable bonds is 5. The number of nitrogens with zero attached hydrogens (tertiary/aromatic N) is 2. The van der Waals surface area contributed by atoms with E-state index in [4.69, 9.17) is 9.15 Å². The minimum absolute atomic E-state index is 0.0570. The van der Waals surface area contributed by atoms with Crippen molar-refractivity contribution < 1.29 is 13.9 Å². The van der Waals surface area contributed by atoms with Gasteiger partial charge in [-0.05, 0) is 31.7 Å². The number of hydrogen-bond donors (Lipinski definition) is 0. The van der Waals surface area contributed by atoms with Gasteiger partial charge in [0.25, 0.3) is 5.91 Å². The van der Waals surface area contributed by atoms with Crippen LogP contribution in [0.25, 0.3) is 10.8 Å². The zero-order chi connectivity index (χ0) is 15.5. The van der Waals surface area contributed by atoms with Crippen LogP contribution in [0, 0.1) is 12.8 Å². The number of oxazole rings is 1. The summed E-state index contributed by atoms with van der Waals surface area (Å²) in [5.74, 6) is 1.47. The second-order valence-corrected chi connectivity index (χ2v) is 6.42. The summed E-state index contributed by atoms with van der Waals surface area (Å²) in [6.45, 7) is 6.70. The van der Waals surface area contributed by atoms with E-state index in [1.165, 1.54) is 0 Å². The molecule has 3 heterocycles. The van der Waals surface area contributed by atoms with Crippen LogP contribution in [0.1, 0.15) is 29.6 Å². The van der Waals surface area contributed by atoms with Crippen LogP contribution in [0.2, 0.25) is 0 Å². The largest absolute Gasteiger partial charge is 0.440 e. The predicted octanol–water partition coefficient (Wildman–Crippen LogP) is 3.21. The molecule has 2 aromatic heterocycles. The van der Waals surface area contributed by atoms with Gasteiger partial charge in [0, 0.05) is 25.6 Å². The molecule has 1 aliphatic heterocycles. The molecule has 0 saturated carbocycles. The van der Waals surface area contributed by atoms with Gasteiger partial charge < -0.3 is 14.1 Å². The summed E-state index contributed by atoms with van der Waals surface area (Å²) in [7, 11) is 0. The Morgan fingerprint density at radius 3 is 3.05 bits per heavy atom. The molecular formula is C16H20N2O3S. The molecule has 1 unspecified atom stereocenters. The Balaban J connectivity index is 1.78. The van der Waals surface area contributed by atoms with Crippen LogP contribution in [0.4, 0.5) is 0 Å². The first-order valence-corrected chi connectivity index (χ1v) is 8.45. The number of aryl methyl sites for hydroxylation is 1. The zero-order valence-corrected chi connectivity index (χ0v) is 13.7. The van der Waals surface area contributed by atoms with Crippen LogP contribution in [-0.4, -0.2) is 42.1 Å². The van der Waals surface area contributed by atoms with Gasteiger partial charge in [-0.25, -0.2) is 4.98 Å². The number of ether oxygens (including phenoxy) is 1. The molecule has 0 aliphatic carbocycles. The molecular weight excluding hydrogens is 300 g/mol. The van der Waals surface area contributed by atoms with E-state index in [2.05, 4.69) is 4.98 Å². The molecule has 22 heavy (non-hydrogen) atoms. The second kappa shape index (κ2) is 6.62. The fourth-order valence-electron chi connectivity index (χ4n) is 2.64. The summed E-state index contributed by atoms with van der Waals surface area (Å²) in [6, 6.07) is 3.89. The Morgan fingerprint density at radius 1 is 1.55 bits per heavy atom. The van der Waals surface area contributed by atoms with Gasteiger partial charge in [-0.2, -0.15) is 0 Å². The van der Waals surface area contributed by atoms with Crippen molar-refractivity contribution in [3.8, 4) is 10.8 Å². The highest BCUT2D eigenvalue weighted by molar-refractivity contribution is 7.13. The summed E-state index contributed by atoms with van der Waals surface area (Å²) >= 11 is 1.55. The van der Waals surface area contributed by atoms with Gasteiger partial charge in [-0.3, -0.25) is 4.79 Å². The average Bonchev–Trinajstić information content (AvgIpc) is 3.25. The first-order chi connectivity index (χ1) is 10.7. The van der Waals surface area contributed by atoms with Crippen molar-refractivity contribution in [3.63, 3.8) is 0 Å². The third kappa shape index (κ3) is 3.08. The van der Waals surface area contributed by atoms with E-state index in [0.717, 1.165) is 31.1 Å². The zero-order valence-electron chi connectivity index (χ0n) is 12.9. The summed E-state index contributed by atoms with van der Waals surface area (Å²) in [5.41, 5.74) is 0.421. The van der Waals surface area contributed by atoms with E-state index in [1.54, 1.807) is 18.3 Å². The SMILES string of the molecule is CCN(CC1CCOC1)C(=O)c1nc(-c2cccs2)oc1C. The number of aromatic nitrogens is 1. The Bertz CT molecular complexity index is 630. The van der Waals surface area contributed by atoms with Crippen molar-refractivity contribution in [2.45, 2.75) is 20.3 Å². The highest BCUT2D eigenvalue weighted by Gasteiger charge is 2.26. The molecule has 0 bridgehead atoms. The van der Waals surface area contributed by atoms with Crippen molar-refractivity contribution in [2.24, 2.45) is 5.92 Å². The van der Waals surface area contributed by atoms with E-state index < -0.39 is 0 Å². The molecule has 0 aromatic carbocycles. The van der Waals surface area contributed by atoms with Gasteiger partial charge >= 0.3 is 0 Å². The maximum atomic E-state index is 12.7. The number of thiophene rings is 1. The Kier molecular flexibility index (Phi) is 4.59. The lowest BCUT2D eigenvalue weighted by Crippen LogP contribution is -2.36. The average molecular weight is 320 g/mol. The lowest BCUT2D eigenvalue weighted by atomic mass is 10.1.